The Morgan fingerprint density at radius 1 is 0.267 bits per heavy atom. The van der Waals surface area contributed by atoms with Crippen molar-refractivity contribution in [3.63, 3.8) is 0 Å². The molecule has 352 valence electrons. The molecule has 1 atom stereocenters. The van der Waals surface area contributed by atoms with Gasteiger partial charge in [-0.1, -0.05) is 273 Å². The van der Waals surface area contributed by atoms with Crippen LogP contribution in [-0.4, -0.2) is 4.57 Å². The van der Waals surface area contributed by atoms with Gasteiger partial charge in [-0.05, 0) is 125 Å². The number of hydrogen-bond donors (Lipinski definition) is 0. The summed E-state index contributed by atoms with van der Waals surface area (Å²) in [4.78, 5) is 0. The topological polar surface area (TPSA) is 4.93 Å². The minimum Gasteiger partial charge on any atom is -0.309 e. The lowest BCUT2D eigenvalue weighted by molar-refractivity contribution is 0.768. The fourth-order valence-corrected chi connectivity index (χ4v) is 12.5. The highest BCUT2D eigenvalue weighted by Crippen LogP contribution is 2.56. The van der Waals surface area contributed by atoms with E-state index in [-0.39, 0.29) is 5.92 Å². The van der Waals surface area contributed by atoms with E-state index in [1.165, 1.54) is 116 Å². The third-order valence-electron chi connectivity index (χ3n) is 15.8. The molecule has 1 aliphatic rings. The van der Waals surface area contributed by atoms with Gasteiger partial charge in [-0.15, -0.1) is 0 Å². The molecule has 1 aliphatic carbocycles. The molecule has 1 aromatic heterocycles. The number of nitrogens with zero attached hydrogens (tertiary/aromatic N) is 1. The van der Waals surface area contributed by atoms with Crippen LogP contribution in [0.4, 0.5) is 0 Å². The SMILES string of the molecule is c1ccc(-c2cc(-c3ccccc3)cc(C(c3ccccc3)c3ccccc3-c3ccc(-c4ccc5c6ccccc6n(-c6ccc7c(c6)-c6ccccc6C7(c6ccccc6)c6ccccc6)c5c4)cc3)c2)cc1. The monoisotopic (exact) mass is 953 g/mol. The molecule has 0 N–H and O–H groups in total. The summed E-state index contributed by atoms with van der Waals surface area (Å²) in [6.45, 7) is 0. The smallest absolute Gasteiger partial charge is 0.0713 e. The minimum absolute atomic E-state index is 0.0154. The van der Waals surface area contributed by atoms with Crippen molar-refractivity contribution < 1.29 is 0 Å². The minimum atomic E-state index is -0.449. The number of aromatic nitrogens is 1. The van der Waals surface area contributed by atoms with Gasteiger partial charge in [0.1, 0.15) is 0 Å². The van der Waals surface area contributed by atoms with Crippen molar-refractivity contribution in [1.82, 2.24) is 4.57 Å². The molecule has 0 saturated carbocycles. The predicted molar refractivity (Wildman–Crippen MR) is 314 cm³/mol. The largest absolute Gasteiger partial charge is 0.309 e. The molecule has 14 rings (SSSR count). The van der Waals surface area contributed by atoms with Crippen LogP contribution < -0.4 is 0 Å². The third kappa shape index (κ3) is 7.47. The standard InChI is InChI=1S/C74H51N/c1-6-22-51(23-7-1)57-46-58(52-24-8-2-9-25-52)48-59(47-57)73(55-26-10-3-11-27-55)67-35-17-16-32-63(67)54-40-38-53(39-41-54)56-42-44-66-65-34-19-21-37-71(65)75(72(66)49-56)62-43-45-70-68(50-62)64-33-18-20-36-69(64)74(70,60-28-12-4-13-29-60)61-30-14-5-15-31-61/h1-50,73H. The summed E-state index contributed by atoms with van der Waals surface area (Å²) in [5.41, 5.74) is 24.2. The maximum atomic E-state index is 2.48. The van der Waals surface area contributed by atoms with Crippen LogP contribution in [0.25, 0.3) is 83.1 Å². The average Bonchev–Trinajstić information content (AvgIpc) is 3.99. The first-order chi connectivity index (χ1) is 37.2. The van der Waals surface area contributed by atoms with Gasteiger partial charge in [0.15, 0.2) is 0 Å². The first kappa shape index (κ1) is 44.2. The van der Waals surface area contributed by atoms with Gasteiger partial charge < -0.3 is 4.57 Å². The molecule has 0 bridgehead atoms. The number of benzene rings is 12. The first-order valence-corrected chi connectivity index (χ1v) is 26.1. The Balaban J connectivity index is 0.878. The van der Waals surface area contributed by atoms with Gasteiger partial charge in [0, 0.05) is 22.4 Å². The number of hydrogen-bond acceptors (Lipinski definition) is 0. The zero-order valence-corrected chi connectivity index (χ0v) is 41.4. The van der Waals surface area contributed by atoms with Gasteiger partial charge in [0.2, 0.25) is 0 Å². The Labute approximate surface area is 439 Å². The molecule has 0 saturated heterocycles. The summed E-state index contributed by atoms with van der Waals surface area (Å²) in [7, 11) is 0. The van der Waals surface area contributed by atoms with Crippen LogP contribution in [0, 0.1) is 0 Å². The molecule has 0 spiro atoms. The Morgan fingerprint density at radius 3 is 1.43 bits per heavy atom. The van der Waals surface area contributed by atoms with Crippen LogP contribution in [0.15, 0.2) is 303 Å². The molecular formula is C74H51N. The van der Waals surface area contributed by atoms with E-state index in [0.29, 0.717) is 0 Å². The van der Waals surface area contributed by atoms with Crippen molar-refractivity contribution in [3.05, 3.63) is 342 Å². The van der Waals surface area contributed by atoms with Gasteiger partial charge in [0.25, 0.3) is 0 Å². The maximum absolute atomic E-state index is 2.48. The second kappa shape index (κ2) is 18.5. The molecule has 0 aliphatic heterocycles. The van der Waals surface area contributed by atoms with Gasteiger partial charge in [-0.3, -0.25) is 0 Å². The lowest BCUT2D eigenvalue weighted by Crippen LogP contribution is -2.28. The van der Waals surface area contributed by atoms with E-state index < -0.39 is 5.41 Å². The van der Waals surface area contributed by atoms with Gasteiger partial charge in [-0.25, -0.2) is 0 Å². The molecule has 12 aromatic carbocycles. The summed E-state index contributed by atoms with van der Waals surface area (Å²) >= 11 is 0. The van der Waals surface area contributed by atoms with Crippen LogP contribution in [0.5, 0.6) is 0 Å². The summed E-state index contributed by atoms with van der Waals surface area (Å²) in [5.74, 6) is -0.0154. The average molecular weight is 954 g/mol. The molecular weight excluding hydrogens is 903 g/mol. The summed E-state index contributed by atoms with van der Waals surface area (Å²) in [6, 6.07) is 112. The van der Waals surface area contributed by atoms with Crippen molar-refractivity contribution in [2.24, 2.45) is 0 Å². The van der Waals surface area contributed by atoms with Crippen molar-refractivity contribution in [1.29, 1.82) is 0 Å². The Kier molecular flexibility index (Phi) is 10.9. The lowest BCUT2D eigenvalue weighted by Gasteiger charge is -2.33. The lowest BCUT2D eigenvalue weighted by atomic mass is 9.68. The van der Waals surface area contributed by atoms with Crippen LogP contribution in [0.1, 0.15) is 44.9 Å². The highest BCUT2D eigenvalue weighted by Gasteiger charge is 2.46. The molecule has 0 radical (unpaired) electrons. The highest BCUT2D eigenvalue weighted by molar-refractivity contribution is 6.10. The summed E-state index contributed by atoms with van der Waals surface area (Å²) in [6.07, 6.45) is 0. The van der Waals surface area contributed by atoms with E-state index in [4.69, 9.17) is 0 Å². The molecule has 0 fully saturated rings. The molecule has 75 heavy (non-hydrogen) atoms. The van der Waals surface area contributed by atoms with Crippen LogP contribution >= 0.6 is 0 Å². The highest BCUT2D eigenvalue weighted by atomic mass is 15.0. The Hall–Kier alpha value is -9.56. The van der Waals surface area contributed by atoms with Gasteiger partial charge in [-0.2, -0.15) is 0 Å². The predicted octanol–water partition coefficient (Wildman–Crippen LogP) is 19.0. The fraction of sp³-hybridized carbons (Fsp3) is 0.0270. The molecule has 1 heterocycles. The molecule has 1 heteroatoms. The zero-order valence-electron chi connectivity index (χ0n) is 41.4. The van der Waals surface area contributed by atoms with Crippen LogP contribution in [0.2, 0.25) is 0 Å². The summed E-state index contributed by atoms with van der Waals surface area (Å²) < 4.78 is 2.48. The van der Waals surface area contributed by atoms with E-state index >= 15 is 0 Å². The zero-order chi connectivity index (χ0) is 49.7. The summed E-state index contributed by atoms with van der Waals surface area (Å²) in [5, 5.41) is 2.48. The third-order valence-corrected chi connectivity index (χ3v) is 15.8. The second-order valence-corrected chi connectivity index (χ2v) is 19.9. The first-order valence-electron chi connectivity index (χ1n) is 26.1. The van der Waals surface area contributed by atoms with Crippen molar-refractivity contribution >= 4 is 21.8 Å². The quantitative estimate of drug-likeness (QED) is 0.120. The van der Waals surface area contributed by atoms with E-state index in [1.807, 2.05) is 0 Å². The van der Waals surface area contributed by atoms with Gasteiger partial charge in [0.05, 0.1) is 16.4 Å². The van der Waals surface area contributed by atoms with E-state index in [9.17, 15) is 0 Å². The normalized spacial score (nSPS) is 12.9. The molecule has 1 unspecified atom stereocenters. The number of fused-ring (bicyclic) bond motifs is 6. The number of rotatable bonds is 10. The Morgan fingerprint density at radius 2 is 0.760 bits per heavy atom. The van der Waals surface area contributed by atoms with Gasteiger partial charge >= 0.3 is 0 Å². The van der Waals surface area contributed by atoms with Crippen molar-refractivity contribution in [2.45, 2.75) is 11.3 Å². The van der Waals surface area contributed by atoms with Crippen molar-refractivity contribution in [2.75, 3.05) is 0 Å². The number of para-hydroxylation sites is 1. The molecule has 1 nitrogen and oxygen atoms in total. The van der Waals surface area contributed by atoms with Crippen LogP contribution in [-0.2, 0) is 5.41 Å². The molecule has 0 amide bonds. The second-order valence-electron chi connectivity index (χ2n) is 19.9. The fourth-order valence-electron chi connectivity index (χ4n) is 12.5. The molecule has 13 aromatic rings. The Bertz CT molecular complexity index is 4100. The van der Waals surface area contributed by atoms with E-state index in [2.05, 4.69) is 308 Å². The van der Waals surface area contributed by atoms with E-state index in [1.54, 1.807) is 0 Å². The maximum Gasteiger partial charge on any atom is 0.0713 e. The van der Waals surface area contributed by atoms with Crippen LogP contribution in [0.3, 0.4) is 0 Å². The van der Waals surface area contributed by atoms with E-state index in [0.717, 1.165) is 5.69 Å². The van der Waals surface area contributed by atoms with Crippen molar-refractivity contribution in [3.8, 4) is 61.3 Å².